The Balaban J connectivity index is 0.00000259. The number of anilines is 3. The molecule has 0 fully saturated rings. The van der Waals surface area contributed by atoms with Crippen molar-refractivity contribution in [2.75, 3.05) is 43.8 Å². The minimum Gasteiger partial charge on any atom is -0.497 e. The van der Waals surface area contributed by atoms with E-state index in [0.29, 0.717) is 51.8 Å². The summed E-state index contributed by atoms with van der Waals surface area (Å²) in [6.45, 7) is 8.12. The Morgan fingerprint density at radius 3 is 2.36 bits per heavy atom. The molecule has 0 saturated carbocycles. The van der Waals surface area contributed by atoms with Gasteiger partial charge in [-0.25, -0.2) is 14.2 Å². The van der Waals surface area contributed by atoms with Crippen molar-refractivity contribution in [1.29, 1.82) is 0 Å². The van der Waals surface area contributed by atoms with Crippen LogP contribution in [0.2, 0.25) is 0 Å². The summed E-state index contributed by atoms with van der Waals surface area (Å²) in [4.78, 5) is 35.3. The average Bonchev–Trinajstić information content (AvgIpc) is 3.05. The van der Waals surface area contributed by atoms with Gasteiger partial charge in [0.05, 0.1) is 23.0 Å². The number of hydrogen-bond acceptors (Lipinski definition) is 8. The zero-order valence-corrected chi connectivity index (χ0v) is 26.9. The lowest BCUT2D eigenvalue weighted by molar-refractivity contribution is -0.108. The molecule has 0 saturated heterocycles. The van der Waals surface area contributed by atoms with Gasteiger partial charge in [-0.1, -0.05) is 38.1 Å². The van der Waals surface area contributed by atoms with E-state index in [9.17, 15) is 13.8 Å². The highest BCUT2D eigenvalue weighted by Gasteiger charge is 2.16. The Bertz CT molecular complexity index is 1560. The second-order valence-corrected chi connectivity index (χ2v) is 11.0. The van der Waals surface area contributed by atoms with E-state index in [1.807, 2.05) is 70.3 Å². The normalized spacial score (nSPS) is 11.3. The molecular weight excluding hydrogens is 576 g/mol. The Kier molecular flexibility index (Phi) is 13.7. The van der Waals surface area contributed by atoms with Crippen LogP contribution in [0.4, 0.5) is 17.3 Å². The molecule has 11 heteroatoms. The van der Waals surface area contributed by atoms with Crippen molar-refractivity contribution in [3.8, 4) is 5.75 Å². The van der Waals surface area contributed by atoms with Gasteiger partial charge >= 0.3 is 0 Å². The molecule has 0 aliphatic rings. The molecule has 1 aromatic heterocycles. The maximum Gasteiger partial charge on any atom is 0.251 e. The molecule has 0 bridgehead atoms. The number of hydrogen-bond donors (Lipinski definition) is 3. The molecule has 1 heterocycles. The van der Waals surface area contributed by atoms with Crippen molar-refractivity contribution < 1.29 is 18.5 Å². The minimum atomic E-state index is -1.73. The number of unbranched alkanes of at least 4 members (excludes halogenated alkanes) is 1. The standard InChI is InChI=1S/C31H36N6O4S.C2H6/c1-22-14-15-24(41-3)21-28(22)35-29-30(34-27-13-5-4-12-26(27)33-29)36-42(40)25-11-8-10-23(20-25)31(39)32-16-9-18-37(2)17-6-7-19-38;1-2/h4-5,8,10-15,19-21H,6-7,9,16-18H2,1-3H3,(H,32,39)(H,33,35)(H,34,36);1-2H3. The van der Waals surface area contributed by atoms with Crippen LogP contribution in [-0.4, -0.2) is 65.1 Å². The summed E-state index contributed by atoms with van der Waals surface area (Å²) in [5.41, 5.74) is 3.49. The monoisotopic (exact) mass is 618 g/mol. The smallest absolute Gasteiger partial charge is 0.251 e. The first kappa shape index (κ1) is 34.1. The summed E-state index contributed by atoms with van der Waals surface area (Å²) in [6, 6.07) is 19.8. The van der Waals surface area contributed by atoms with Crippen molar-refractivity contribution in [3.05, 3.63) is 77.9 Å². The summed E-state index contributed by atoms with van der Waals surface area (Å²) in [6.07, 6.45) is 3.09. The Labute approximate surface area is 262 Å². The molecule has 0 spiro atoms. The highest BCUT2D eigenvalue weighted by molar-refractivity contribution is 7.86. The third kappa shape index (κ3) is 9.85. The number of rotatable bonds is 15. The molecule has 0 aliphatic carbocycles. The number of aldehydes is 1. The van der Waals surface area contributed by atoms with Crippen LogP contribution < -0.4 is 20.1 Å². The number of nitrogens with one attached hydrogen (secondary N) is 3. The Morgan fingerprint density at radius 1 is 0.955 bits per heavy atom. The predicted octanol–water partition coefficient (Wildman–Crippen LogP) is 5.88. The number of ether oxygens (including phenoxy) is 1. The number of methoxy groups -OCH3 is 1. The van der Waals surface area contributed by atoms with E-state index in [0.717, 1.165) is 43.5 Å². The number of amides is 1. The Hall–Kier alpha value is -4.35. The van der Waals surface area contributed by atoms with Crippen LogP contribution in [0, 0.1) is 6.92 Å². The number of carbonyl (C=O) groups is 2. The van der Waals surface area contributed by atoms with Crippen molar-refractivity contribution >= 4 is 51.5 Å². The highest BCUT2D eigenvalue weighted by atomic mass is 32.2. The molecule has 4 rings (SSSR count). The van der Waals surface area contributed by atoms with Crippen molar-refractivity contribution in [2.45, 2.75) is 44.9 Å². The van der Waals surface area contributed by atoms with Crippen molar-refractivity contribution in [3.63, 3.8) is 0 Å². The third-order valence-electron chi connectivity index (χ3n) is 6.63. The van der Waals surface area contributed by atoms with Gasteiger partial charge < -0.3 is 25.1 Å². The molecule has 0 aliphatic heterocycles. The van der Waals surface area contributed by atoms with E-state index in [1.165, 1.54) is 0 Å². The van der Waals surface area contributed by atoms with Crippen LogP contribution in [0.25, 0.3) is 11.0 Å². The number of benzene rings is 3. The van der Waals surface area contributed by atoms with Gasteiger partial charge in [-0.15, -0.1) is 0 Å². The van der Waals surface area contributed by atoms with Crippen LogP contribution in [0.15, 0.2) is 71.6 Å². The van der Waals surface area contributed by atoms with Gasteiger partial charge in [-0.05, 0) is 81.9 Å². The fourth-order valence-corrected chi connectivity index (χ4v) is 5.13. The molecule has 3 aromatic carbocycles. The maximum atomic E-state index is 13.5. The van der Waals surface area contributed by atoms with E-state index in [2.05, 4.69) is 20.3 Å². The first-order valence-corrected chi connectivity index (χ1v) is 15.9. The van der Waals surface area contributed by atoms with Crippen LogP contribution >= 0.6 is 0 Å². The van der Waals surface area contributed by atoms with Gasteiger partial charge in [0.2, 0.25) is 0 Å². The van der Waals surface area contributed by atoms with Crippen LogP contribution in [0.5, 0.6) is 5.75 Å². The number of nitrogens with zero attached hydrogens (tertiary/aromatic N) is 3. The first-order valence-electron chi connectivity index (χ1n) is 14.7. The number of para-hydroxylation sites is 2. The lowest BCUT2D eigenvalue weighted by atomic mass is 10.2. The topological polar surface area (TPSA) is 126 Å². The van der Waals surface area contributed by atoms with Crippen LogP contribution in [0.3, 0.4) is 0 Å². The lowest BCUT2D eigenvalue weighted by Gasteiger charge is -2.16. The van der Waals surface area contributed by atoms with E-state index in [4.69, 9.17) is 14.7 Å². The summed E-state index contributed by atoms with van der Waals surface area (Å²) in [7, 11) is 1.87. The maximum absolute atomic E-state index is 13.5. The molecule has 1 atom stereocenters. The number of aryl methyl sites for hydroxylation is 1. The molecule has 234 valence electrons. The zero-order valence-electron chi connectivity index (χ0n) is 26.1. The third-order valence-corrected chi connectivity index (χ3v) is 7.69. The second-order valence-electron chi connectivity index (χ2n) is 9.84. The van der Waals surface area contributed by atoms with Crippen molar-refractivity contribution in [2.24, 2.45) is 0 Å². The quantitative estimate of drug-likeness (QED) is 0.111. The van der Waals surface area contributed by atoms with E-state index in [1.54, 1.807) is 31.4 Å². The molecule has 44 heavy (non-hydrogen) atoms. The Morgan fingerprint density at radius 2 is 1.66 bits per heavy atom. The van der Waals surface area contributed by atoms with Gasteiger partial charge in [0.25, 0.3) is 5.91 Å². The minimum absolute atomic E-state index is 0.237. The molecule has 10 nitrogen and oxygen atoms in total. The number of aromatic nitrogens is 2. The fourth-order valence-electron chi connectivity index (χ4n) is 4.26. The molecule has 1 amide bonds. The number of fused-ring (bicyclic) bond motifs is 1. The van der Waals surface area contributed by atoms with Crippen LogP contribution in [-0.2, 0) is 15.8 Å². The summed E-state index contributed by atoms with van der Waals surface area (Å²) in [5, 5.41) is 6.24. The SMILES string of the molecule is CC.COc1ccc(C)c(Nc2nc3ccccc3nc2NS(=O)c2cccc(C(=O)NCCCN(C)CCCC=O)c2)c1. The molecule has 0 radical (unpaired) electrons. The second kappa shape index (κ2) is 17.7. The van der Waals surface area contributed by atoms with E-state index < -0.39 is 11.0 Å². The predicted molar refractivity (Wildman–Crippen MR) is 178 cm³/mol. The van der Waals surface area contributed by atoms with E-state index in [-0.39, 0.29) is 5.91 Å². The number of carbonyl (C=O) groups excluding carboxylic acids is 2. The summed E-state index contributed by atoms with van der Waals surface area (Å²) < 4.78 is 21.8. The van der Waals surface area contributed by atoms with E-state index >= 15 is 0 Å². The molecule has 1 unspecified atom stereocenters. The first-order chi connectivity index (χ1) is 21.4. The van der Waals surface area contributed by atoms with Gasteiger partial charge in [0.1, 0.15) is 12.0 Å². The van der Waals surface area contributed by atoms with Gasteiger partial charge in [-0.2, -0.15) is 0 Å². The average molecular weight is 619 g/mol. The molecule has 3 N–H and O–H groups in total. The lowest BCUT2D eigenvalue weighted by Crippen LogP contribution is -2.28. The fraction of sp³-hybridized carbons (Fsp3) is 0.333. The van der Waals surface area contributed by atoms with Gasteiger partial charge in [-0.3, -0.25) is 9.52 Å². The molecule has 4 aromatic rings. The zero-order chi connectivity index (χ0) is 31.9. The largest absolute Gasteiger partial charge is 0.497 e. The van der Waals surface area contributed by atoms with Crippen molar-refractivity contribution in [1.82, 2.24) is 20.2 Å². The molecular formula is C33H42N6O4S. The summed E-state index contributed by atoms with van der Waals surface area (Å²) >= 11 is 0. The van der Waals surface area contributed by atoms with Gasteiger partial charge in [0, 0.05) is 30.3 Å². The van der Waals surface area contributed by atoms with Crippen LogP contribution in [0.1, 0.15) is 49.0 Å². The van der Waals surface area contributed by atoms with Gasteiger partial charge in [0.15, 0.2) is 22.6 Å². The highest BCUT2D eigenvalue weighted by Crippen LogP contribution is 2.30. The summed E-state index contributed by atoms with van der Waals surface area (Å²) in [5.74, 6) is 1.16.